The van der Waals surface area contributed by atoms with Crippen molar-refractivity contribution in [2.24, 2.45) is 11.5 Å². The Balaban J connectivity index is 2.10. The van der Waals surface area contributed by atoms with E-state index in [-0.39, 0.29) is 5.54 Å². The molecule has 2 rings (SSSR count). The fourth-order valence-corrected chi connectivity index (χ4v) is 2.60. The van der Waals surface area contributed by atoms with E-state index < -0.39 is 5.91 Å². The Morgan fingerprint density at radius 3 is 2.63 bits per heavy atom. The minimum Gasteiger partial charge on any atom is -0.491 e. The lowest BCUT2D eigenvalue weighted by Crippen LogP contribution is -2.47. The molecule has 0 aromatic heterocycles. The van der Waals surface area contributed by atoms with Crippen LogP contribution in [0, 0.1) is 0 Å². The summed E-state index contributed by atoms with van der Waals surface area (Å²) in [5.74, 6) is -0.114. The normalized spacial score (nSPS) is 18.0. The minimum absolute atomic E-state index is 0.310. The Morgan fingerprint density at radius 2 is 2.00 bits per heavy atom. The number of halogens is 1. The summed E-state index contributed by atoms with van der Waals surface area (Å²) in [6, 6.07) is 4.80. The lowest BCUT2D eigenvalue weighted by atomic mass is 9.83. The summed E-state index contributed by atoms with van der Waals surface area (Å²) < 4.78 is 5.71. The van der Waals surface area contributed by atoms with Gasteiger partial charge in [0.25, 0.3) is 5.91 Å². The van der Waals surface area contributed by atoms with Gasteiger partial charge >= 0.3 is 0 Å². The number of rotatable bonds is 4. The zero-order chi connectivity index (χ0) is 13.9. The predicted molar refractivity (Wildman–Crippen MR) is 75.5 cm³/mol. The Morgan fingerprint density at radius 1 is 1.32 bits per heavy atom. The van der Waals surface area contributed by atoms with Crippen LogP contribution in [0.15, 0.2) is 18.2 Å². The quantitative estimate of drug-likeness (QED) is 0.890. The molecule has 0 heterocycles. The van der Waals surface area contributed by atoms with Crippen LogP contribution in [-0.2, 0) is 0 Å². The van der Waals surface area contributed by atoms with Crippen molar-refractivity contribution < 1.29 is 9.53 Å². The molecule has 1 aromatic rings. The Labute approximate surface area is 118 Å². The van der Waals surface area contributed by atoms with Gasteiger partial charge in [-0.1, -0.05) is 30.9 Å². The number of carbonyl (C=O) groups excluding carboxylic acids is 1. The highest BCUT2D eigenvalue weighted by molar-refractivity contribution is 6.30. The third kappa shape index (κ3) is 3.61. The summed E-state index contributed by atoms with van der Waals surface area (Å²) in [6.07, 6.45) is 5.36. The van der Waals surface area contributed by atoms with Gasteiger partial charge in [-0.3, -0.25) is 4.79 Å². The Kier molecular flexibility index (Phi) is 4.32. The average molecular weight is 283 g/mol. The molecule has 4 nitrogen and oxygen atoms in total. The van der Waals surface area contributed by atoms with E-state index in [4.69, 9.17) is 27.8 Å². The molecule has 5 heteroatoms. The van der Waals surface area contributed by atoms with Crippen LogP contribution in [0.4, 0.5) is 0 Å². The van der Waals surface area contributed by atoms with Crippen molar-refractivity contribution in [3.8, 4) is 5.75 Å². The van der Waals surface area contributed by atoms with Gasteiger partial charge in [0.2, 0.25) is 0 Å². The highest BCUT2D eigenvalue weighted by Crippen LogP contribution is 2.29. The maximum atomic E-state index is 11.3. The summed E-state index contributed by atoms with van der Waals surface area (Å²) in [7, 11) is 0. The van der Waals surface area contributed by atoms with E-state index in [1.165, 1.54) is 6.42 Å². The smallest absolute Gasteiger partial charge is 0.252 e. The van der Waals surface area contributed by atoms with Crippen molar-refractivity contribution in [2.75, 3.05) is 6.61 Å². The second-order valence-corrected chi connectivity index (χ2v) is 5.65. The molecule has 19 heavy (non-hydrogen) atoms. The summed E-state index contributed by atoms with van der Waals surface area (Å²) in [6.45, 7) is 0.383. The first-order chi connectivity index (χ1) is 9.00. The summed E-state index contributed by atoms with van der Waals surface area (Å²) >= 11 is 5.91. The molecule has 0 saturated heterocycles. The lowest BCUT2D eigenvalue weighted by molar-refractivity contribution is 0.0992. The fraction of sp³-hybridized carbons (Fsp3) is 0.500. The number of ether oxygens (including phenoxy) is 1. The molecule has 0 unspecified atom stereocenters. The van der Waals surface area contributed by atoms with Crippen LogP contribution < -0.4 is 16.2 Å². The van der Waals surface area contributed by atoms with Crippen LogP contribution in [-0.4, -0.2) is 18.1 Å². The monoisotopic (exact) mass is 282 g/mol. The molecule has 1 fully saturated rings. The third-order valence-electron chi connectivity index (χ3n) is 3.57. The SMILES string of the molecule is NC(=O)c1ccc(Cl)cc1OCC1(N)CCCCC1. The number of hydrogen-bond acceptors (Lipinski definition) is 3. The van der Waals surface area contributed by atoms with Gasteiger partial charge < -0.3 is 16.2 Å². The molecule has 0 radical (unpaired) electrons. The summed E-state index contributed by atoms with van der Waals surface area (Å²) in [4.78, 5) is 11.3. The largest absolute Gasteiger partial charge is 0.491 e. The lowest BCUT2D eigenvalue weighted by Gasteiger charge is -2.33. The molecule has 4 N–H and O–H groups in total. The van der Waals surface area contributed by atoms with E-state index >= 15 is 0 Å². The molecule has 0 aliphatic heterocycles. The van der Waals surface area contributed by atoms with Gasteiger partial charge in [-0.05, 0) is 31.0 Å². The van der Waals surface area contributed by atoms with E-state index in [0.29, 0.717) is 22.9 Å². The first-order valence-electron chi connectivity index (χ1n) is 6.51. The minimum atomic E-state index is -0.526. The molecule has 0 spiro atoms. The van der Waals surface area contributed by atoms with Gasteiger partial charge in [-0.2, -0.15) is 0 Å². The number of nitrogens with two attached hydrogens (primary N) is 2. The maximum absolute atomic E-state index is 11.3. The number of amides is 1. The second kappa shape index (κ2) is 5.80. The molecule has 1 aliphatic carbocycles. The van der Waals surface area contributed by atoms with Gasteiger partial charge in [0.15, 0.2) is 0 Å². The van der Waals surface area contributed by atoms with E-state index in [1.807, 2.05) is 0 Å². The number of carbonyl (C=O) groups is 1. The van der Waals surface area contributed by atoms with Crippen molar-refractivity contribution >= 4 is 17.5 Å². The van der Waals surface area contributed by atoms with Crippen LogP contribution in [0.2, 0.25) is 5.02 Å². The van der Waals surface area contributed by atoms with Crippen LogP contribution in [0.5, 0.6) is 5.75 Å². The molecule has 1 amide bonds. The summed E-state index contributed by atoms with van der Waals surface area (Å²) in [5.41, 5.74) is 11.6. The van der Waals surface area contributed by atoms with Crippen LogP contribution in [0.25, 0.3) is 0 Å². The van der Waals surface area contributed by atoms with E-state index in [9.17, 15) is 4.79 Å². The summed E-state index contributed by atoms with van der Waals surface area (Å²) in [5, 5.41) is 0.509. The first kappa shape index (κ1) is 14.2. The number of hydrogen-bond donors (Lipinski definition) is 2. The fourth-order valence-electron chi connectivity index (χ4n) is 2.44. The highest BCUT2D eigenvalue weighted by Gasteiger charge is 2.28. The van der Waals surface area contributed by atoms with E-state index in [1.54, 1.807) is 18.2 Å². The van der Waals surface area contributed by atoms with Gasteiger partial charge in [0.1, 0.15) is 12.4 Å². The molecule has 1 saturated carbocycles. The molecule has 1 aromatic carbocycles. The van der Waals surface area contributed by atoms with Gasteiger partial charge in [0, 0.05) is 5.02 Å². The standard InChI is InChI=1S/C14H19ClN2O2/c15-10-4-5-11(13(16)18)12(8-10)19-9-14(17)6-2-1-3-7-14/h4-5,8H,1-3,6-7,9,17H2,(H2,16,18). The Bertz CT molecular complexity index is 471. The topological polar surface area (TPSA) is 78.3 Å². The number of primary amides is 1. The van der Waals surface area contributed by atoms with Crippen molar-refractivity contribution in [3.63, 3.8) is 0 Å². The molecule has 0 atom stereocenters. The number of benzene rings is 1. The van der Waals surface area contributed by atoms with E-state index in [0.717, 1.165) is 25.7 Å². The van der Waals surface area contributed by atoms with Crippen molar-refractivity contribution in [3.05, 3.63) is 28.8 Å². The second-order valence-electron chi connectivity index (χ2n) is 5.22. The predicted octanol–water partition coefficient (Wildman–Crippen LogP) is 2.48. The van der Waals surface area contributed by atoms with Gasteiger partial charge in [0.05, 0.1) is 11.1 Å². The maximum Gasteiger partial charge on any atom is 0.252 e. The van der Waals surface area contributed by atoms with Crippen LogP contribution >= 0.6 is 11.6 Å². The van der Waals surface area contributed by atoms with Crippen molar-refractivity contribution in [1.82, 2.24) is 0 Å². The average Bonchev–Trinajstić information content (AvgIpc) is 2.37. The molecule has 104 valence electrons. The molecular formula is C14H19ClN2O2. The highest BCUT2D eigenvalue weighted by atomic mass is 35.5. The van der Waals surface area contributed by atoms with Crippen LogP contribution in [0.1, 0.15) is 42.5 Å². The Hall–Kier alpha value is -1.26. The zero-order valence-electron chi connectivity index (χ0n) is 10.8. The zero-order valence-corrected chi connectivity index (χ0v) is 11.6. The molecule has 1 aliphatic rings. The van der Waals surface area contributed by atoms with Gasteiger partial charge in [-0.15, -0.1) is 0 Å². The van der Waals surface area contributed by atoms with Crippen molar-refractivity contribution in [2.45, 2.75) is 37.6 Å². The first-order valence-corrected chi connectivity index (χ1v) is 6.89. The van der Waals surface area contributed by atoms with Gasteiger partial charge in [-0.25, -0.2) is 0 Å². The molecular weight excluding hydrogens is 264 g/mol. The van der Waals surface area contributed by atoms with Crippen molar-refractivity contribution in [1.29, 1.82) is 0 Å². The van der Waals surface area contributed by atoms with E-state index in [2.05, 4.69) is 0 Å². The third-order valence-corrected chi connectivity index (χ3v) is 3.81. The van der Waals surface area contributed by atoms with Crippen LogP contribution in [0.3, 0.4) is 0 Å². The molecule has 0 bridgehead atoms.